The second-order valence-corrected chi connectivity index (χ2v) is 4.88. The number of hydrogen-bond donors (Lipinski definition) is 1. The van der Waals surface area contributed by atoms with E-state index in [1.54, 1.807) is 17.1 Å². The van der Waals surface area contributed by atoms with Crippen LogP contribution < -0.4 is 0 Å². The van der Waals surface area contributed by atoms with E-state index in [2.05, 4.69) is 4.98 Å². The third kappa shape index (κ3) is 1.74. The van der Waals surface area contributed by atoms with E-state index in [1.165, 1.54) is 5.38 Å². The fourth-order valence-corrected chi connectivity index (χ4v) is 2.53. The molecule has 1 aliphatic carbocycles. The molecule has 2 aromatic heterocycles. The molecular weight excluding hydrogens is 243 g/mol. The Morgan fingerprint density at radius 2 is 2.35 bits per heavy atom. The van der Waals surface area contributed by atoms with Gasteiger partial charge < -0.3 is 9.67 Å². The van der Waals surface area contributed by atoms with E-state index in [-0.39, 0.29) is 5.56 Å². The molecule has 1 N–H and O–H groups in total. The average molecular weight is 252 g/mol. The minimum absolute atomic E-state index is 0.283. The monoisotopic (exact) mass is 252 g/mol. The van der Waals surface area contributed by atoms with E-state index in [4.69, 9.17) is 5.11 Å². The van der Waals surface area contributed by atoms with Crippen LogP contribution in [0.15, 0.2) is 17.9 Å². The molecular formula is C11H9FN2O2S. The highest BCUT2D eigenvalue weighted by Gasteiger charge is 2.27. The summed E-state index contributed by atoms with van der Waals surface area (Å²) >= 11 is 0.791. The standard InChI is InChI=1S/C11H9FN2O2S/c12-10-9(11(15)16)8(4-17-10)14-3-7(13-5-14)6-1-2-6/h3-6H,1-2H2,(H,15,16). The predicted molar refractivity (Wildman–Crippen MR) is 60.3 cm³/mol. The van der Waals surface area contributed by atoms with E-state index in [1.807, 2.05) is 0 Å². The summed E-state index contributed by atoms with van der Waals surface area (Å²) in [5.41, 5.74) is 1.02. The molecule has 0 aromatic carbocycles. The number of carboxylic acids is 1. The van der Waals surface area contributed by atoms with Crippen molar-refractivity contribution in [1.29, 1.82) is 0 Å². The van der Waals surface area contributed by atoms with E-state index in [0.29, 0.717) is 11.6 Å². The Kier molecular flexibility index (Phi) is 2.25. The van der Waals surface area contributed by atoms with Crippen LogP contribution >= 0.6 is 11.3 Å². The number of aromatic carboxylic acids is 1. The van der Waals surface area contributed by atoms with Gasteiger partial charge in [-0.25, -0.2) is 9.78 Å². The molecule has 2 heterocycles. The minimum atomic E-state index is -1.25. The molecule has 88 valence electrons. The van der Waals surface area contributed by atoms with Gasteiger partial charge in [-0.2, -0.15) is 4.39 Å². The average Bonchev–Trinajstić information content (AvgIpc) is 2.88. The summed E-state index contributed by atoms with van der Waals surface area (Å²) in [6.45, 7) is 0. The fraction of sp³-hybridized carbons (Fsp3) is 0.273. The first-order chi connectivity index (χ1) is 8.16. The Morgan fingerprint density at radius 1 is 1.59 bits per heavy atom. The highest BCUT2D eigenvalue weighted by Crippen LogP contribution is 2.39. The molecule has 4 nitrogen and oxygen atoms in total. The van der Waals surface area contributed by atoms with Gasteiger partial charge in [0.05, 0.1) is 17.7 Å². The van der Waals surface area contributed by atoms with E-state index in [0.717, 1.165) is 29.9 Å². The van der Waals surface area contributed by atoms with Gasteiger partial charge in [0.25, 0.3) is 0 Å². The van der Waals surface area contributed by atoms with Gasteiger partial charge in [-0.05, 0) is 12.8 Å². The van der Waals surface area contributed by atoms with Crippen LogP contribution in [0.1, 0.15) is 34.8 Å². The van der Waals surface area contributed by atoms with Crippen molar-refractivity contribution in [2.75, 3.05) is 0 Å². The van der Waals surface area contributed by atoms with E-state index < -0.39 is 11.1 Å². The van der Waals surface area contributed by atoms with Crippen LogP contribution in [0.2, 0.25) is 0 Å². The molecule has 1 aliphatic rings. The van der Waals surface area contributed by atoms with Crippen molar-refractivity contribution in [2.45, 2.75) is 18.8 Å². The van der Waals surface area contributed by atoms with Crippen LogP contribution in [0.25, 0.3) is 5.69 Å². The van der Waals surface area contributed by atoms with Crippen LogP contribution in [0.5, 0.6) is 0 Å². The lowest BCUT2D eigenvalue weighted by molar-refractivity contribution is 0.0693. The lowest BCUT2D eigenvalue weighted by atomic mass is 10.3. The molecule has 0 bridgehead atoms. The first-order valence-corrected chi connectivity index (χ1v) is 6.09. The number of carbonyl (C=O) groups is 1. The lowest BCUT2D eigenvalue weighted by Gasteiger charge is -1.99. The third-order valence-corrected chi connectivity index (χ3v) is 3.57. The fourth-order valence-electron chi connectivity index (χ4n) is 1.77. The number of imidazole rings is 1. The topological polar surface area (TPSA) is 55.1 Å². The summed E-state index contributed by atoms with van der Waals surface area (Å²) in [7, 11) is 0. The molecule has 0 radical (unpaired) electrons. The molecule has 0 unspecified atom stereocenters. The summed E-state index contributed by atoms with van der Waals surface area (Å²) in [5, 5.41) is 9.78. The van der Waals surface area contributed by atoms with Crippen molar-refractivity contribution in [3.05, 3.63) is 34.3 Å². The van der Waals surface area contributed by atoms with Gasteiger partial charge in [0, 0.05) is 17.5 Å². The largest absolute Gasteiger partial charge is 0.477 e. The van der Waals surface area contributed by atoms with Crippen molar-refractivity contribution < 1.29 is 14.3 Å². The smallest absolute Gasteiger partial charge is 0.341 e. The van der Waals surface area contributed by atoms with Gasteiger partial charge in [-0.1, -0.05) is 0 Å². The third-order valence-electron chi connectivity index (χ3n) is 2.82. The van der Waals surface area contributed by atoms with Crippen molar-refractivity contribution in [3.8, 4) is 5.69 Å². The molecule has 1 saturated carbocycles. The SMILES string of the molecule is O=C(O)c1c(-n2cnc(C3CC3)c2)csc1F. The number of halogens is 1. The molecule has 17 heavy (non-hydrogen) atoms. The molecule has 1 fully saturated rings. The molecule has 0 aliphatic heterocycles. The van der Waals surface area contributed by atoms with Gasteiger partial charge in [-0.15, -0.1) is 11.3 Å². The Bertz CT molecular complexity index is 586. The van der Waals surface area contributed by atoms with Crippen LogP contribution in [-0.2, 0) is 0 Å². The van der Waals surface area contributed by atoms with Gasteiger partial charge in [0.15, 0.2) is 5.13 Å². The summed E-state index contributed by atoms with van der Waals surface area (Å²) < 4.78 is 14.9. The van der Waals surface area contributed by atoms with Crippen molar-refractivity contribution in [3.63, 3.8) is 0 Å². The molecule has 0 spiro atoms. The zero-order chi connectivity index (χ0) is 12.0. The first-order valence-electron chi connectivity index (χ1n) is 5.21. The van der Waals surface area contributed by atoms with Crippen LogP contribution in [0.3, 0.4) is 0 Å². The number of thiophene rings is 1. The van der Waals surface area contributed by atoms with Crippen molar-refractivity contribution >= 4 is 17.3 Å². The van der Waals surface area contributed by atoms with Gasteiger partial charge >= 0.3 is 5.97 Å². The first kappa shape index (κ1) is 10.5. The quantitative estimate of drug-likeness (QED) is 0.913. The molecule has 2 aromatic rings. The Balaban J connectivity index is 2.04. The molecule has 6 heteroatoms. The molecule has 3 rings (SSSR count). The number of hydrogen-bond acceptors (Lipinski definition) is 3. The van der Waals surface area contributed by atoms with Crippen molar-refractivity contribution in [2.24, 2.45) is 0 Å². The maximum absolute atomic E-state index is 13.3. The lowest BCUT2D eigenvalue weighted by Crippen LogP contribution is -2.02. The zero-order valence-electron chi connectivity index (χ0n) is 8.76. The number of rotatable bonds is 3. The Labute approximate surface area is 100 Å². The van der Waals surface area contributed by atoms with Gasteiger partial charge in [-0.3, -0.25) is 0 Å². The second-order valence-electron chi connectivity index (χ2n) is 4.05. The number of aromatic nitrogens is 2. The number of carboxylic acid groups (broad SMARTS) is 1. The Hall–Kier alpha value is -1.69. The second kappa shape index (κ2) is 3.66. The normalized spacial score (nSPS) is 15.1. The van der Waals surface area contributed by atoms with Crippen molar-refractivity contribution in [1.82, 2.24) is 9.55 Å². The Morgan fingerprint density at radius 3 is 3.00 bits per heavy atom. The minimum Gasteiger partial charge on any atom is -0.477 e. The van der Waals surface area contributed by atoms with Gasteiger partial charge in [0.1, 0.15) is 5.56 Å². The number of nitrogens with zero attached hydrogens (tertiary/aromatic N) is 2. The van der Waals surface area contributed by atoms with Crippen LogP contribution in [0.4, 0.5) is 4.39 Å². The van der Waals surface area contributed by atoms with E-state index >= 15 is 0 Å². The predicted octanol–water partition coefficient (Wildman–Crippen LogP) is 2.65. The van der Waals surface area contributed by atoms with Crippen LogP contribution in [0, 0.1) is 5.13 Å². The highest BCUT2D eigenvalue weighted by molar-refractivity contribution is 7.09. The zero-order valence-corrected chi connectivity index (χ0v) is 9.58. The molecule has 0 saturated heterocycles. The summed E-state index contributed by atoms with van der Waals surface area (Å²) in [5.74, 6) is -0.756. The highest BCUT2D eigenvalue weighted by atomic mass is 32.1. The maximum atomic E-state index is 13.3. The summed E-state index contributed by atoms with van der Waals surface area (Å²) in [4.78, 5) is 15.2. The molecule has 0 atom stereocenters. The van der Waals surface area contributed by atoms with Crippen LogP contribution in [-0.4, -0.2) is 20.6 Å². The maximum Gasteiger partial charge on any atom is 0.341 e. The summed E-state index contributed by atoms with van der Waals surface area (Å²) in [6.07, 6.45) is 5.58. The molecule has 0 amide bonds. The van der Waals surface area contributed by atoms with Gasteiger partial charge in [0.2, 0.25) is 0 Å². The summed E-state index contributed by atoms with van der Waals surface area (Å²) in [6, 6.07) is 0. The van der Waals surface area contributed by atoms with E-state index in [9.17, 15) is 9.18 Å².